The number of amides is 1. The van der Waals surface area contributed by atoms with Gasteiger partial charge in [0.15, 0.2) is 0 Å². The van der Waals surface area contributed by atoms with Crippen LogP contribution >= 0.6 is 0 Å². The third-order valence-corrected chi connectivity index (χ3v) is 4.06. The van der Waals surface area contributed by atoms with E-state index in [4.69, 9.17) is 5.11 Å². The molecule has 5 nitrogen and oxygen atoms in total. The molecule has 1 amide bonds. The van der Waals surface area contributed by atoms with Crippen molar-refractivity contribution >= 4 is 17.6 Å². The van der Waals surface area contributed by atoms with Crippen LogP contribution in [0, 0.1) is 0 Å². The minimum atomic E-state index is -0.965. The van der Waals surface area contributed by atoms with Gasteiger partial charge >= 0.3 is 5.97 Å². The maximum atomic E-state index is 12.7. The molecule has 0 bridgehead atoms. The van der Waals surface area contributed by atoms with Crippen LogP contribution in [0.15, 0.2) is 24.3 Å². The Balaban J connectivity index is 2.19. The Kier molecular flexibility index (Phi) is 4.09. The Hall–Kier alpha value is -1.88. The summed E-state index contributed by atoms with van der Waals surface area (Å²) in [6, 6.07) is 6.36. The van der Waals surface area contributed by atoms with E-state index in [0.29, 0.717) is 5.69 Å². The molecular weight excluding hydrogens is 256 g/mol. The van der Waals surface area contributed by atoms with Gasteiger partial charge in [-0.2, -0.15) is 0 Å². The number of anilines is 1. The number of rotatable bonds is 4. The van der Waals surface area contributed by atoms with E-state index in [2.05, 4.69) is 5.32 Å². The van der Waals surface area contributed by atoms with E-state index in [0.717, 1.165) is 25.8 Å². The molecule has 20 heavy (non-hydrogen) atoms. The van der Waals surface area contributed by atoms with Crippen molar-refractivity contribution in [1.29, 1.82) is 0 Å². The maximum absolute atomic E-state index is 12.7. The zero-order valence-electron chi connectivity index (χ0n) is 11.8. The third kappa shape index (κ3) is 2.54. The number of aromatic carboxylic acids is 1. The van der Waals surface area contributed by atoms with E-state index >= 15 is 0 Å². The number of likely N-dealkylation sites (N-methyl/N-ethyl adjacent to an activating group) is 1. The van der Waals surface area contributed by atoms with E-state index in [9.17, 15) is 9.59 Å². The monoisotopic (exact) mass is 276 g/mol. The van der Waals surface area contributed by atoms with Gasteiger partial charge in [0.2, 0.25) is 5.91 Å². The molecule has 0 aliphatic carbocycles. The number of nitrogens with one attached hydrogen (secondary N) is 1. The summed E-state index contributed by atoms with van der Waals surface area (Å²) < 4.78 is 0. The second-order valence-electron chi connectivity index (χ2n) is 5.18. The number of hydrogen-bond donors (Lipinski definition) is 2. The lowest BCUT2D eigenvalue weighted by atomic mass is 9.92. The van der Waals surface area contributed by atoms with Crippen molar-refractivity contribution in [2.24, 2.45) is 0 Å². The van der Waals surface area contributed by atoms with Crippen LogP contribution in [0.25, 0.3) is 0 Å². The lowest BCUT2D eigenvalue weighted by Crippen LogP contribution is -2.53. The number of carbonyl (C=O) groups excluding carboxylic acids is 1. The van der Waals surface area contributed by atoms with Crippen LogP contribution in [0.1, 0.15) is 36.5 Å². The molecule has 1 atom stereocenters. The highest BCUT2D eigenvalue weighted by Crippen LogP contribution is 2.27. The molecule has 108 valence electrons. The highest BCUT2D eigenvalue weighted by molar-refractivity contribution is 6.00. The first-order valence-corrected chi connectivity index (χ1v) is 6.87. The van der Waals surface area contributed by atoms with Gasteiger partial charge < -0.3 is 15.3 Å². The molecule has 1 heterocycles. The summed E-state index contributed by atoms with van der Waals surface area (Å²) in [4.78, 5) is 25.1. The van der Waals surface area contributed by atoms with Crippen LogP contribution in [0.5, 0.6) is 0 Å². The smallest absolute Gasteiger partial charge is 0.335 e. The van der Waals surface area contributed by atoms with Crippen molar-refractivity contribution < 1.29 is 14.7 Å². The molecule has 1 aromatic carbocycles. The van der Waals surface area contributed by atoms with Gasteiger partial charge in [-0.1, -0.05) is 6.92 Å². The molecule has 1 aliphatic heterocycles. The highest BCUT2D eigenvalue weighted by Gasteiger charge is 2.41. The van der Waals surface area contributed by atoms with Gasteiger partial charge in [-0.05, 0) is 50.1 Å². The summed E-state index contributed by atoms with van der Waals surface area (Å²) in [5.41, 5.74) is 0.459. The molecule has 1 aliphatic rings. The third-order valence-electron chi connectivity index (χ3n) is 4.06. The Bertz CT molecular complexity index is 504. The molecule has 0 spiro atoms. The summed E-state index contributed by atoms with van der Waals surface area (Å²) in [7, 11) is 1.73. The average Bonchev–Trinajstić information content (AvgIpc) is 2.96. The van der Waals surface area contributed by atoms with Gasteiger partial charge in [0.1, 0.15) is 0 Å². The first kappa shape index (κ1) is 14.5. The molecule has 5 heteroatoms. The second-order valence-corrected chi connectivity index (χ2v) is 5.18. The van der Waals surface area contributed by atoms with Gasteiger partial charge in [0.25, 0.3) is 0 Å². The summed E-state index contributed by atoms with van der Waals surface area (Å²) in [5, 5.41) is 12.2. The van der Waals surface area contributed by atoms with Crippen molar-refractivity contribution in [2.75, 3.05) is 18.5 Å². The number of benzene rings is 1. The summed E-state index contributed by atoms with van der Waals surface area (Å²) in [6.07, 6.45) is 2.61. The molecule has 0 saturated carbocycles. The topological polar surface area (TPSA) is 69.6 Å². The zero-order valence-corrected chi connectivity index (χ0v) is 11.8. The quantitative estimate of drug-likeness (QED) is 0.881. The lowest BCUT2D eigenvalue weighted by Gasteiger charge is -2.31. The molecule has 0 aromatic heterocycles. The minimum absolute atomic E-state index is 0.0422. The fraction of sp³-hybridized carbons (Fsp3) is 0.467. The Labute approximate surface area is 118 Å². The highest BCUT2D eigenvalue weighted by atomic mass is 16.4. The van der Waals surface area contributed by atoms with Crippen molar-refractivity contribution in [2.45, 2.75) is 31.7 Å². The fourth-order valence-electron chi connectivity index (χ4n) is 2.71. The van der Waals surface area contributed by atoms with Gasteiger partial charge in [-0.3, -0.25) is 4.79 Å². The standard InChI is InChI=1S/C15H20N2O3/c1-3-15(9-4-10-16-15)14(20)17(2)12-7-5-11(6-8-12)13(18)19/h5-8,16H,3-4,9-10H2,1-2H3,(H,18,19). The van der Waals surface area contributed by atoms with Gasteiger partial charge in [-0.15, -0.1) is 0 Å². The predicted octanol–water partition coefficient (Wildman–Crippen LogP) is 1.88. The maximum Gasteiger partial charge on any atom is 0.335 e. The lowest BCUT2D eigenvalue weighted by molar-refractivity contribution is -0.124. The van der Waals surface area contributed by atoms with E-state index in [1.807, 2.05) is 6.92 Å². The van der Waals surface area contributed by atoms with Crippen molar-refractivity contribution in [3.05, 3.63) is 29.8 Å². The Morgan fingerprint density at radius 3 is 2.45 bits per heavy atom. The number of nitrogens with zero attached hydrogens (tertiary/aromatic N) is 1. The normalized spacial score (nSPS) is 21.7. The number of carboxylic acids is 1. The summed E-state index contributed by atoms with van der Waals surface area (Å²) in [6.45, 7) is 2.88. The number of carboxylic acid groups (broad SMARTS) is 1. The number of carbonyl (C=O) groups is 2. The van der Waals surface area contributed by atoms with Crippen LogP contribution in [0.2, 0.25) is 0 Å². The minimum Gasteiger partial charge on any atom is -0.478 e. The molecule has 1 saturated heterocycles. The van der Waals surface area contributed by atoms with E-state index in [-0.39, 0.29) is 11.5 Å². The second kappa shape index (κ2) is 5.63. The van der Waals surface area contributed by atoms with Crippen LogP contribution in [0.4, 0.5) is 5.69 Å². The van der Waals surface area contributed by atoms with Crippen LogP contribution < -0.4 is 10.2 Å². The molecule has 2 rings (SSSR count). The SMILES string of the molecule is CCC1(C(=O)N(C)c2ccc(C(=O)O)cc2)CCCN1. The van der Waals surface area contributed by atoms with E-state index in [1.54, 1.807) is 24.1 Å². The molecular formula is C15H20N2O3. The first-order chi connectivity index (χ1) is 9.50. The predicted molar refractivity (Wildman–Crippen MR) is 77.1 cm³/mol. The summed E-state index contributed by atoms with van der Waals surface area (Å²) >= 11 is 0. The van der Waals surface area contributed by atoms with Crippen LogP contribution in [-0.4, -0.2) is 36.1 Å². The van der Waals surface area contributed by atoms with Crippen LogP contribution in [0.3, 0.4) is 0 Å². The van der Waals surface area contributed by atoms with Crippen molar-refractivity contribution in [1.82, 2.24) is 5.32 Å². The van der Waals surface area contributed by atoms with E-state index in [1.165, 1.54) is 12.1 Å². The Morgan fingerprint density at radius 2 is 2.00 bits per heavy atom. The average molecular weight is 276 g/mol. The van der Waals surface area contributed by atoms with Gasteiger partial charge in [-0.25, -0.2) is 4.79 Å². The fourth-order valence-corrected chi connectivity index (χ4v) is 2.71. The molecule has 0 radical (unpaired) electrons. The zero-order chi connectivity index (χ0) is 14.8. The molecule has 1 unspecified atom stereocenters. The largest absolute Gasteiger partial charge is 0.478 e. The van der Waals surface area contributed by atoms with Crippen molar-refractivity contribution in [3.63, 3.8) is 0 Å². The van der Waals surface area contributed by atoms with E-state index < -0.39 is 11.5 Å². The van der Waals surface area contributed by atoms with Gasteiger partial charge in [0.05, 0.1) is 11.1 Å². The number of hydrogen-bond acceptors (Lipinski definition) is 3. The molecule has 2 N–H and O–H groups in total. The Morgan fingerprint density at radius 1 is 1.35 bits per heavy atom. The molecule has 1 fully saturated rings. The van der Waals surface area contributed by atoms with Crippen molar-refractivity contribution in [3.8, 4) is 0 Å². The summed E-state index contributed by atoms with van der Waals surface area (Å²) in [5.74, 6) is -0.923. The first-order valence-electron chi connectivity index (χ1n) is 6.87. The molecule has 1 aromatic rings. The van der Waals surface area contributed by atoms with Gasteiger partial charge in [0, 0.05) is 12.7 Å². The van der Waals surface area contributed by atoms with Crippen LogP contribution in [-0.2, 0) is 4.79 Å².